The van der Waals surface area contributed by atoms with E-state index in [-0.39, 0.29) is 13.2 Å². The molecule has 1 aromatic carbocycles. The van der Waals surface area contributed by atoms with Gasteiger partial charge in [0.25, 0.3) is 5.69 Å². The first-order valence-electron chi connectivity index (χ1n) is 5.81. The highest BCUT2D eigenvalue weighted by molar-refractivity contribution is 5.94. The van der Waals surface area contributed by atoms with Crippen molar-refractivity contribution in [3.05, 3.63) is 33.9 Å². The average Bonchev–Trinajstić information content (AvgIpc) is 2.42. The third-order valence-corrected chi connectivity index (χ3v) is 2.21. The molecule has 0 saturated heterocycles. The molecule has 0 fully saturated rings. The number of non-ortho nitro benzene ring substituents is 1. The molecule has 0 aliphatic heterocycles. The van der Waals surface area contributed by atoms with Crippen molar-refractivity contribution < 1.29 is 38.6 Å². The topological polar surface area (TPSA) is 142 Å². The van der Waals surface area contributed by atoms with Gasteiger partial charge in [0, 0.05) is 19.1 Å². The third-order valence-electron chi connectivity index (χ3n) is 2.21. The number of carbonyl (C=O) groups excluding carboxylic acids is 2. The monoisotopic (exact) mass is 313 g/mol. The highest BCUT2D eigenvalue weighted by Gasteiger charge is 2.20. The lowest BCUT2D eigenvalue weighted by atomic mass is 10.2. The Morgan fingerprint density at radius 1 is 1.23 bits per heavy atom. The van der Waals surface area contributed by atoms with Gasteiger partial charge in [0.15, 0.2) is 0 Å². The van der Waals surface area contributed by atoms with Gasteiger partial charge >= 0.3 is 18.1 Å². The van der Waals surface area contributed by atoms with Crippen LogP contribution in [0.1, 0.15) is 17.3 Å². The Morgan fingerprint density at radius 2 is 1.86 bits per heavy atom. The molecule has 1 aromatic rings. The number of nitro groups is 1. The van der Waals surface area contributed by atoms with Crippen LogP contribution in [0, 0.1) is 10.1 Å². The van der Waals surface area contributed by atoms with Crippen molar-refractivity contribution in [1.82, 2.24) is 0 Å². The number of benzene rings is 1. The summed E-state index contributed by atoms with van der Waals surface area (Å²) in [6.07, 6.45) is -1.69. The second-order valence-corrected chi connectivity index (χ2v) is 3.78. The number of ether oxygens (including phenoxy) is 3. The van der Waals surface area contributed by atoms with E-state index in [1.165, 1.54) is 6.92 Å². The molecule has 118 valence electrons. The highest BCUT2D eigenvalue weighted by atomic mass is 16.7. The summed E-state index contributed by atoms with van der Waals surface area (Å²) in [4.78, 5) is 42.8. The van der Waals surface area contributed by atoms with Crippen molar-refractivity contribution in [1.29, 1.82) is 0 Å². The summed E-state index contributed by atoms with van der Waals surface area (Å²) in [6.45, 7) is 0.667. The van der Waals surface area contributed by atoms with Gasteiger partial charge in [-0.2, -0.15) is 0 Å². The predicted octanol–water partition coefficient (Wildman–Crippen LogP) is 1.37. The van der Waals surface area contributed by atoms with Gasteiger partial charge in [-0.15, -0.1) is 0 Å². The molecule has 0 saturated carbocycles. The quantitative estimate of drug-likeness (QED) is 0.271. The summed E-state index contributed by atoms with van der Waals surface area (Å²) < 4.78 is 13.6. The van der Waals surface area contributed by atoms with Gasteiger partial charge in [-0.3, -0.25) is 14.9 Å². The SMILES string of the molecule is CC(=O)OCCOC(=O)c1cc([N+](=O)[O-])ccc1OC(=O)O. The molecular formula is C12H11NO9. The Bertz CT molecular complexity index is 611. The maximum absolute atomic E-state index is 11.8. The maximum Gasteiger partial charge on any atom is 0.511 e. The molecule has 1 N–H and O–H groups in total. The number of nitrogens with zero attached hydrogens (tertiary/aromatic N) is 1. The number of hydrogen-bond acceptors (Lipinski definition) is 8. The summed E-state index contributed by atoms with van der Waals surface area (Å²) >= 11 is 0. The van der Waals surface area contributed by atoms with Crippen molar-refractivity contribution in [2.75, 3.05) is 13.2 Å². The van der Waals surface area contributed by atoms with E-state index in [0.29, 0.717) is 0 Å². The minimum atomic E-state index is -1.69. The molecule has 0 spiro atoms. The second-order valence-electron chi connectivity index (χ2n) is 3.78. The van der Waals surface area contributed by atoms with Crippen molar-refractivity contribution in [3.8, 4) is 5.75 Å². The second kappa shape index (κ2) is 7.57. The van der Waals surface area contributed by atoms with E-state index in [4.69, 9.17) is 9.84 Å². The fraction of sp³-hybridized carbons (Fsp3) is 0.250. The fourth-order valence-electron chi connectivity index (χ4n) is 1.37. The molecular weight excluding hydrogens is 302 g/mol. The summed E-state index contributed by atoms with van der Waals surface area (Å²) in [5, 5.41) is 19.2. The van der Waals surface area contributed by atoms with E-state index < -0.39 is 40.0 Å². The normalized spacial score (nSPS) is 9.68. The molecule has 0 amide bonds. The number of hydrogen-bond donors (Lipinski definition) is 1. The van der Waals surface area contributed by atoms with E-state index in [2.05, 4.69) is 9.47 Å². The van der Waals surface area contributed by atoms with Crippen LogP contribution in [0.25, 0.3) is 0 Å². The largest absolute Gasteiger partial charge is 0.511 e. The third kappa shape index (κ3) is 5.07. The van der Waals surface area contributed by atoms with Crippen LogP contribution >= 0.6 is 0 Å². The predicted molar refractivity (Wildman–Crippen MR) is 68.7 cm³/mol. The highest BCUT2D eigenvalue weighted by Crippen LogP contribution is 2.25. The Morgan fingerprint density at radius 3 is 2.41 bits per heavy atom. The standard InChI is InChI=1S/C12H11NO9/c1-7(14)20-4-5-21-11(15)9-6-8(13(18)19)2-3-10(9)22-12(16)17/h2-3,6H,4-5H2,1H3,(H,16,17). The van der Waals surface area contributed by atoms with Crippen LogP contribution in [-0.4, -0.2) is 41.3 Å². The zero-order valence-corrected chi connectivity index (χ0v) is 11.3. The Balaban J connectivity index is 2.89. The number of carboxylic acid groups (broad SMARTS) is 1. The van der Waals surface area contributed by atoms with Gasteiger partial charge in [-0.1, -0.05) is 0 Å². The van der Waals surface area contributed by atoms with Crippen LogP contribution in [0.5, 0.6) is 5.75 Å². The Kier molecular flexibility index (Phi) is 5.81. The van der Waals surface area contributed by atoms with E-state index in [1.807, 2.05) is 0 Å². The number of nitro benzene ring substituents is 1. The molecule has 10 heteroatoms. The first-order chi connectivity index (χ1) is 10.3. The summed E-state index contributed by atoms with van der Waals surface area (Å²) in [5.41, 5.74) is -0.871. The van der Waals surface area contributed by atoms with Gasteiger partial charge in [0.1, 0.15) is 24.5 Å². The van der Waals surface area contributed by atoms with E-state index in [0.717, 1.165) is 18.2 Å². The minimum absolute atomic E-state index is 0.203. The smallest absolute Gasteiger partial charge is 0.462 e. The lowest BCUT2D eigenvalue weighted by Gasteiger charge is -2.08. The molecule has 0 heterocycles. The minimum Gasteiger partial charge on any atom is -0.462 e. The number of esters is 2. The molecule has 0 aliphatic carbocycles. The Labute approximate surface area is 123 Å². The summed E-state index contributed by atoms with van der Waals surface area (Å²) in [6, 6.07) is 2.77. The molecule has 10 nitrogen and oxygen atoms in total. The van der Waals surface area contributed by atoms with Crippen molar-refractivity contribution >= 4 is 23.8 Å². The number of carbonyl (C=O) groups is 3. The summed E-state index contributed by atoms with van der Waals surface area (Å²) in [7, 11) is 0. The maximum atomic E-state index is 11.8. The van der Waals surface area contributed by atoms with Crippen LogP contribution in [0.2, 0.25) is 0 Å². The van der Waals surface area contributed by atoms with Crippen LogP contribution in [0.15, 0.2) is 18.2 Å². The van der Waals surface area contributed by atoms with Crippen LogP contribution in [0.4, 0.5) is 10.5 Å². The molecule has 1 rings (SSSR count). The van der Waals surface area contributed by atoms with Gasteiger partial charge < -0.3 is 19.3 Å². The number of rotatable bonds is 6. The molecule has 0 aromatic heterocycles. The van der Waals surface area contributed by atoms with Gasteiger partial charge in [0.2, 0.25) is 0 Å². The zero-order chi connectivity index (χ0) is 16.7. The van der Waals surface area contributed by atoms with Crippen molar-refractivity contribution in [3.63, 3.8) is 0 Å². The molecule has 0 aliphatic rings. The molecule has 0 unspecified atom stereocenters. The van der Waals surface area contributed by atoms with E-state index in [1.54, 1.807) is 0 Å². The van der Waals surface area contributed by atoms with Gasteiger partial charge in [-0.05, 0) is 6.07 Å². The zero-order valence-electron chi connectivity index (χ0n) is 11.3. The molecule has 0 radical (unpaired) electrons. The van der Waals surface area contributed by atoms with Gasteiger partial charge in [0.05, 0.1) is 4.92 Å². The lowest BCUT2D eigenvalue weighted by molar-refractivity contribution is -0.384. The molecule has 0 atom stereocenters. The van der Waals surface area contributed by atoms with Gasteiger partial charge in [-0.25, -0.2) is 9.59 Å². The molecule has 22 heavy (non-hydrogen) atoms. The summed E-state index contributed by atoms with van der Waals surface area (Å²) in [5.74, 6) is -2.02. The van der Waals surface area contributed by atoms with Crippen molar-refractivity contribution in [2.45, 2.75) is 6.92 Å². The first-order valence-corrected chi connectivity index (χ1v) is 5.81. The molecule has 0 bridgehead atoms. The van der Waals surface area contributed by atoms with Crippen LogP contribution < -0.4 is 4.74 Å². The Hall–Kier alpha value is -3.17. The average molecular weight is 313 g/mol. The van der Waals surface area contributed by atoms with Crippen molar-refractivity contribution in [2.24, 2.45) is 0 Å². The van der Waals surface area contributed by atoms with Crippen LogP contribution in [-0.2, 0) is 14.3 Å². The van der Waals surface area contributed by atoms with E-state index in [9.17, 15) is 24.5 Å². The van der Waals surface area contributed by atoms with Crippen LogP contribution in [0.3, 0.4) is 0 Å². The lowest BCUT2D eigenvalue weighted by Crippen LogP contribution is -2.15. The van der Waals surface area contributed by atoms with E-state index >= 15 is 0 Å². The fourth-order valence-corrected chi connectivity index (χ4v) is 1.37. The first kappa shape index (κ1) is 16.9.